The lowest BCUT2D eigenvalue weighted by Crippen LogP contribution is -2.46. The van der Waals surface area contributed by atoms with Gasteiger partial charge in [-0.3, -0.25) is 9.69 Å². The average molecular weight is 305 g/mol. The van der Waals surface area contributed by atoms with Gasteiger partial charge in [0.2, 0.25) is 5.91 Å². The van der Waals surface area contributed by atoms with E-state index in [1.54, 1.807) is 14.7 Å². The van der Waals surface area contributed by atoms with E-state index in [4.69, 9.17) is 5.11 Å². The third kappa shape index (κ3) is 3.57. The second-order valence-corrected chi connectivity index (χ2v) is 5.60. The Hall–Kier alpha value is -2.08. The third-order valence-corrected chi connectivity index (χ3v) is 3.77. The van der Waals surface area contributed by atoms with E-state index in [0.717, 1.165) is 5.69 Å². The van der Waals surface area contributed by atoms with E-state index in [2.05, 4.69) is 0 Å². The number of carbonyl (C=O) groups excluding carboxylic acids is 2. The van der Waals surface area contributed by atoms with Crippen LogP contribution in [0.25, 0.3) is 0 Å². The van der Waals surface area contributed by atoms with Crippen LogP contribution in [-0.2, 0) is 4.79 Å². The molecule has 0 aromatic heterocycles. The van der Waals surface area contributed by atoms with Crippen molar-refractivity contribution in [3.05, 3.63) is 30.3 Å². The minimum Gasteiger partial charge on any atom is -0.395 e. The topological polar surface area (TPSA) is 64.1 Å². The predicted octanol–water partition coefficient (Wildman–Crippen LogP) is 1.16. The van der Waals surface area contributed by atoms with Crippen molar-refractivity contribution in [1.29, 1.82) is 0 Å². The second-order valence-electron chi connectivity index (χ2n) is 5.60. The van der Waals surface area contributed by atoms with Crippen LogP contribution in [0.5, 0.6) is 0 Å². The number of anilines is 1. The monoisotopic (exact) mass is 305 g/mol. The summed E-state index contributed by atoms with van der Waals surface area (Å²) in [6, 6.07) is 9.30. The molecule has 0 bridgehead atoms. The Morgan fingerprint density at radius 2 is 1.95 bits per heavy atom. The van der Waals surface area contributed by atoms with Gasteiger partial charge >= 0.3 is 6.03 Å². The summed E-state index contributed by atoms with van der Waals surface area (Å²) in [6.45, 7) is 5.18. The Morgan fingerprint density at radius 3 is 2.55 bits per heavy atom. The first-order chi connectivity index (χ1) is 10.5. The molecule has 1 heterocycles. The summed E-state index contributed by atoms with van der Waals surface area (Å²) in [4.78, 5) is 29.6. The van der Waals surface area contributed by atoms with Gasteiger partial charge in [-0.2, -0.15) is 0 Å². The zero-order valence-electron chi connectivity index (χ0n) is 13.1. The quantitative estimate of drug-likeness (QED) is 0.858. The number of aliphatic hydroxyl groups is 1. The molecule has 1 N–H and O–H groups in total. The van der Waals surface area contributed by atoms with Gasteiger partial charge in [-0.1, -0.05) is 18.2 Å². The lowest BCUT2D eigenvalue weighted by atomic mass is 10.3. The van der Waals surface area contributed by atoms with Crippen LogP contribution in [0.4, 0.5) is 10.5 Å². The summed E-state index contributed by atoms with van der Waals surface area (Å²) in [5.41, 5.74) is 0.846. The number of urea groups is 1. The first kappa shape index (κ1) is 16.3. The molecule has 120 valence electrons. The molecule has 22 heavy (non-hydrogen) atoms. The standard InChI is InChI=1S/C16H23N3O3/c1-13(2)18(10-11-20)15(21)12-17-8-9-19(16(17)22)14-6-4-3-5-7-14/h3-7,13,20H,8-12H2,1-2H3. The fraction of sp³-hybridized carbons (Fsp3) is 0.500. The van der Waals surface area contributed by atoms with Crippen molar-refractivity contribution in [2.45, 2.75) is 19.9 Å². The molecule has 1 saturated heterocycles. The number of aliphatic hydroxyl groups excluding tert-OH is 1. The van der Waals surface area contributed by atoms with E-state index in [9.17, 15) is 9.59 Å². The largest absolute Gasteiger partial charge is 0.395 e. The van der Waals surface area contributed by atoms with Gasteiger partial charge in [0.15, 0.2) is 0 Å². The average Bonchev–Trinajstić information content (AvgIpc) is 2.86. The minimum absolute atomic E-state index is 0.00239. The summed E-state index contributed by atoms with van der Waals surface area (Å²) in [7, 11) is 0. The zero-order valence-corrected chi connectivity index (χ0v) is 13.1. The number of carbonyl (C=O) groups is 2. The normalized spacial score (nSPS) is 14.8. The molecule has 0 saturated carbocycles. The van der Waals surface area contributed by atoms with Crippen LogP contribution in [0.2, 0.25) is 0 Å². The fourth-order valence-electron chi connectivity index (χ4n) is 2.61. The van der Waals surface area contributed by atoms with Gasteiger partial charge in [0.25, 0.3) is 0 Å². The van der Waals surface area contributed by atoms with E-state index >= 15 is 0 Å². The molecule has 1 fully saturated rings. The van der Waals surface area contributed by atoms with Gasteiger partial charge in [-0.15, -0.1) is 0 Å². The number of amides is 3. The number of nitrogens with zero attached hydrogens (tertiary/aromatic N) is 3. The Morgan fingerprint density at radius 1 is 1.27 bits per heavy atom. The molecule has 0 aliphatic carbocycles. The van der Waals surface area contributed by atoms with Crippen molar-refractivity contribution in [2.24, 2.45) is 0 Å². The van der Waals surface area contributed by atoms with E-state index in [1.165, 1.54) is 0 Å². The predicted molar refractivity (Wildman–Crippen MR) is 84.7 cm³/mol. The summed E-state index contributed by atoms with van der Waals surface area (Å²) in [5.74, 6) is -0.132. The lowest BCUT2D eigenvalue weighted by molar-refractivity contribution is -0.133. The highest BCUT2D eigenvalue weighted by Gasteiger charge is 2.32. The molecule has 0 atom stereocenters. The van der Waals surface area contributed by atoms with Crippen LogP contribution in [0.15, 0.2) is 30.3 Å². The van der Waals surface area contributed by atoms with Crippen molar-refractivity contribution in [1.82, 2.24) is 9.80 Å². The summed E-state index contributed by atoms with van der Waals surface area (Å²) < 4.78 is 0. The van der Waals surface area contributed by atoms with E-state index in [0.29, 0.717) is 19.6 Å². The molecule has 0 radical (unpaired) electrons. The molecule has 1 aromatic carbocycles. The number of hydrogen-bond donors (Lipinski definition) is 1. The Bertz CT molecular complexity index is 519. The lowest BCUT2D eigenvalue weighted by Gasteiger charge is -2.28. The molecule has 0 spiro atoms. The fourth-order valence-corrected chi connectivity index (χ4v) is 2.61. The molecule has 6 heteroatoms. The van der Waals surface area contributed by atoms with Crippen molar-refractivity contribution in [2.75, 3.05) is 37.7 Å². The van der Waals surface area contributed by atoms with Crippen molar-refractivity contribution >= 4 is 17.6 Å². The third-order valence-electron chi connectivity index (χ3n) is 3.77. The van der Waals surface area contributed by atoms with Gasteiger partial charge in [0, 0.05) is 31.4 Å². The highest BCUT2D eigenvalue weighted by atomic mass is 16.3. The number of rotatable bonds is 6. The number of benzene rings is 1. The van der Waals surface area contributed by atoms with Gasteiger partial charge in [0.1, 0.15) is 6.54 Å². The van der Waals surface area contributed by atoms with E-state index in [1.807, 2.05) is 44.2 Å². The van der Waals surface area contributed by atoms with Gasteiger partial charge < -0.3 is 14.9 Å². The van der Waals surface area contributed by atoms with Crippen LogP contribution in [0, 0.1) is 0 Å². The van der Waals surface area contributed by atoms with Gasteiger partial charge in [0.05, 0.1) is 6.61 Å². The Kier molecular flexibility index (Phi) is 5.38. The highest BCUT2D eigenvalue weighted by Crippen LogP contribution is 2.19. The summed E-state index contributed by atoms with van der Waals surface area (Å²) >= 11 is 0. The highest BCUT2D eigenvalue weighted by molar-refractivity contribution is 5.96. The molecule has 2 rings (SSSR count). The SMILES string of the molecule is CC(C)N(CCO)C(=O)CN1CCN(c2ccccc2)C1=O. The summed E-state index contributed by atoms with van der Waals surface area (Å²) in [5, 5.41) is 9.06. The maximum atomic E-state index is 12.4. The first-order valence-electron chi connectivity index (χ1n) is 7.56. The zero-order chi connectivity index (χ0) is 16.1. The maximum Gasteiger partial charge on any atom is 0.325 e. The second kappa shape index (κ2) is 7.26. The molecule has 3 amide bonds. The molecular formula is C16H23N3O3. The van der Waals surface area contributed by atoms with Gasteiger partial charge in [-0.25, -0.2) is 4.79 Å². The van der Waals surface area contributed by atoms with E-state index in [-0.39, 0.29) is 31.1 Å². The van der Waals surface area contributed by atoms with Gasteiger partial charge in [-0.05, 0) is 26.0 Å². The molecule has 0 unspecified atom stereocenters. The van der Waals surface area contributed by atoms with Crippen LogP contribution >= 0.6 is 0 Å². The van der Waals surface area contributed by atoms with Crippen LogP contribution in [-0.4, -0.2) is 65.7 Å². The number of para-hydroxylation sites is 1. The van der Waals surface area contributed by atoms with Crippen LogP contribution in [0.1, 0.15) is 13.8 Å². The maximum absolute atomic E-state index is 12.4. The van der Waals surface area contributed by atoms with Crippen molar-refractivity contribution in [3.8, 4) is 0 Å². The molecule has 1 aromatic rings. The molecule has 1 aliphatic heterocycles. The van der Waals surface area contributed by atoms with Crippen LogP contribution in [0.3, 0.4) is 0 Å². The minimum atomic E-state index is -0.146. The Balaban J connectivity index is 2.00. The first-order valence-corrected chi connectivity index (χ1v) is 7.56. The van der Waals surface area contributed by atoms with E-state index < -0.39 is 0 Å². The van der Waals surface area contributed by atoms with Crippen LogP contribution < -0.4 is 4.90 Å². The smallest absolute Gasteiger partial charge is 0.325 e. The van der Waals surface area contributed by atoms with Crippen molar-refractivity contribution < 1.29 is 14.7 Å². The van der Waals surface area contributed by atoms with Crippen molar-refractivity contribution in [3.63, 3.8) is 0 Å². The Labute approximate surface area is 130 Å². The number of hydrogen-bond acceptors (Lipinski definition) is 3. The summed E-state index contributed by atoms with van der Waals surface area (Å²) in [6.07, 6.45) is 0. The molecule has 1 aliphatic rings. The molecule has 6 nitrogen and oxygen atoms in total. The molecular weight excluding hydrogens is 282 g/mol.